The minimum atomic E-state index is -0.581. The van der Waals surface area contributed by atoms with E-state index < -0.39 is 11.6 Å². The molecule has 0 fully saturated rings. The number of nitrogens with zero attached hydrogens (tertiary/aromatic N) is 1. The number of rotatable bonds is 4. The van der Waals surface area contributed by atoms with E-state index in [1.165, 1.54) is 12.1 Å². The summed E-state index contributed by atoms with van der Waals surface area (Å²) < 4.78 is 26.1. The summed E-state index contributed by atoms with van der Waals surface area (Å²) in [5.41, 5.74) is 2.24. The molecule has 0 saturated heterocycles. The summed E-state index contributed by atoms with van der Waals surface area (Å²) in [4.78, 5) is 1.91. The van der Waals surface area contributed by atoms with Crippen molar-refractivity contribution in [2.75, 3.05) is 24.3 Å². The number of hydrogen-bond acceptors (Lipinski definition) is 2. The zero-order valence-electron chi connectivity index (χ0n) is 11.3. The molecular formula is C15H15ClF2N2. The molecule has 0 bridgehead atoms. The van der Waals surface area contributed by atoms with Crippen molar-refractivity contribution in [2.45, 2.75) is 6.54 Å². The van der Waals surface area contributed by atoms with Gasteiger partial charge >= 0.3 is 0 Å². The predicted octanol–water partition coefficient (Wildman–Crippen LogP) is 4.30. The fraction of sp³-hybridized carbons (Fsp3) is 0.200. The van der Waals surface area contributed by atoms with Gasteiger partial charge in [-0.1, -0.05) is 11.6 Å². The molecule has 106 valence electrons. The first-order valence-electron chi connectivity index (χ1n) is 6.11. The summed E-state index contributed by atoms with van der Waals surface area (Å²) in [7, 11) is 3.81. The number of halogens is 3. The molecule has 0 aliphatic rings. The van der Waals surface area contributed by atoms with Gasteiger partial charge in [0, 0.05) is 32.4 Å². The second-order valence-corrected chi connectivity index (χ2v) is 5.10. The monoisotopic (exact) mass is 296 g/mol. The molecule has 0 unspecified atom stereocenters. The van der Waals surface area contributed by atoms with E-state index in [1.807, 2.05) is 31.1 Å². The lowest BCUT2D eigenvalue weighted by atomic mass is 10.2. The van der Waals surface area contributed by atoms with Gasteiger partial charge in [-0.15, -0.1) is 0 Å². The average molecular weight is 297 g/mol. The van der Waals surface area contributed by atoms with Crippen LogP contribution in [0.5, 0.6) is 0 Å². The van der Waals surface area contributed by atoms with Crippen molar-refractivity contribution < 1.29 is 8.78 Å². The van der Waals surface area contributed by atoms with Crippen molar-refractivity contribution in [3.05, 3.63) is 58.6 Å². The molecule has 2 rings (SSSR count). The van der Waals surface area contributed by atoms with Gasteiger partial charge in [0.1, 0.15) is 11.6 Å². The van der Waals surface area contributed by atoms with E-state index in [9.17, 15) is 8.78 Å². The third-order valence-corrected chi connectivity index (χ3v) is 3.15. The predicted molar refractivity (Wildman–Crippen MR) is 79.5 cm³/mol. The summed E-state index contributed by atoms with van der Waals surface area (Å²) in [5.74, 6) is -1.16. The van der Waals surface area contributed by atoms with Gasteiger partial charge in [-0.25, -0.2) is 8.78 Å². The molecule has 0 spiro atoms. The molecule has 2 nitrogen and oxygen atoms in total. The lowest BCUT2D eigenvalue weighted by Gasteiger charge is -2.15. The van der Waals surface area contributed by atoms with E-state index in [-0.39, 0.29) is 0 Å². The average Bonchev–Trinajstić information content (AvgIpc) is 2.35. The molecule has 1 N–H and O–H groups in total. The van der Waals surface area contributed by atoms with Crippen molar-refractivity contribution in [3.63, 3.8) is 0 Å². The fourth-order valence-corrected chi connectivity index (χ4v) is 2.25. The summed E-state index contributed by atoms with van der Waals surface area (Å²) in [5, 5.41) is 3.70. The van der Waals surface area contributed by atoms with Gasteiger partial charge in [0.05, 0.1) is 10.7 Å². The highest BCUT2D eigenvalue weighted by molar-refractivity contribution is 6.33. The first-order chi connectivity index (χ1) is 9.45. The second kappa shape index (κ2) is 6.09. The molecule has 0 heterocycles. The van der Waals surface area contributed by atoms with Gasteiger partial charge < -0.3 is 10.2 Å². The van der Waals surface area contributed by atoms with E-state index in [4.69, 9.17) is 11.6 Å². The molecule has 0 amide bonds. The topological polar surface area (TPSA) is 15.3 Å². The third kappa shape index (κ3) is 3.61. The lowest BCUT2D eigenvalue weighted by Crippen LogP contribution is -2.09. The zero-order valence-corrected chi connectivity index (χ0v) is 12.0. The Bertz CT molecular complexity index is 595. The molecular weight excluding hydrogens is 282 g/mol. The third-order valence-electron chi connectivity index (χ3n) is 2.85. The van der Waals surface area contributed by atoms with Crippen LogP contribution in [-0.2, 0) is 6.54 Å². The Kier molecular flexibility index (Phi) is 4.45. The Labute approximate surface area is 122 Å². The van der Waals surface area contributed by atoms with E-state index in [0.717, 1.165) is 17.4 Å². The maximum Gasteiger partial charge on any atom is 0.126 e. The van der Waals surface area contributed by atoms with Crippen LogP contribution in [0.3, 0.4) is 0 Å². The summed E-state index contributed by atoms with van der Waals surface area (Å²) in [6, 6.07) is 8.99. The number of benzene rings is 2. The summed E-state index contributed by atoms with van der Waals surface area (Å²) in [6.07, 6.45) is 0. The van der Waals surface area contributed by atoms with Crippen molar-refractivity contribution in [3.8, 4) is 0 Å². The Balaban J connectivity index is 2.09. The summed E-state index contributed by atoms with van der Waals surface area (Å²) >= 11 is 6.15. The van der Waals surface area contributed by atoms with E-state index in [2.05, 4.69) is 5.32 Å². The van der Waals surface area contributed by atoms with Crippen LogP contribution in [0.2, 0.25) is 5.02 Å². The first kappa shape index (κ1) is 14.6. The van der Waals surface area contributed by atoms with Crippen LogP contribution in [0.4, 0.5) is 20.2 Å². The quantitative estimate of drug-likeness (QED) is 0.905. The van der Waals surface area contributed by atoms with Gasteiger partial charge in [-0.05, 0) is 35.9 Å². The molecule has 20 heavy (non-hydrogen) atoms. The number of nitrogens with one attached hydrogen (secondary N) is 1. The number of hydrogen-bond donors (Lipinski definition) is 1. The standard InChI is InChI=1S/C15H15ClF2N2/c1-20(2)15-4-3-13(8-14(15)16)19-9-10-5-11(17)7-12(18)6-10/h3-8,19H,9H2,1-2H3. The largest absolute Gasteiger partial charge is 0.381 e. The molecule has 2 aromatic rings. The molecule has 5 heteroatoms. The van der Waals surface area contributed by atoms with Crippen LogP contribution in [0.25, 0.3) is 0 Å². The molecule has 0 aliphatic heterocycles. The normalized spacial score (nSPS) is 10.4. The lowest BCUT2D eigenvalue weighted by molar-refractivity contribution is 0.580. The van der Waals surface area contributed by atoms with Crippen molar-refractivity contribution >= 4 is 23.0 Å². The van der Waals surface area contributed by atoms with E-state index in [1.54, 1.807) is 6.07 Å². The number of anilines is 2. The molecule has 0 saturated carbocycles. The molecule has 2 aromatic carbocycles. The van der Waals surface area contributed by atoms with Gasteiger partial charge in [0.25, 0.3) is 0 Å². The van der Waals surface area contributed by atoms with Crippen LogP contribution in [0.15, 0.2) is 36.4 Å². The van der Waals surface area contributed by atoms with Gasteiger partial charge in [-0.2, -0.15) is 0 Å². The van der Waals surface area contributed by atoms with Crippen molar-refractivity contribution in [1.29, 1.82) is 0 Å². The van der Waals surface area contributed by atoms with Gasteiger partial charge in [0.15, 0.2) is 0 Å². The molecule has 0 radical (unpaired) electrons. The van der Waals surface area contributed by atoms with Gasteiger partial charge in [-0.3, -0.25) is 0 Å². The Morgan fingerprint density at radius 2 is 1.70 bits per heavy atom. The Morgan fingerprint density at radius 1 is 1.05 bits per heavy atom. The van der Waals surface area contributed by atoms with E-state index in [0.29, 0.717) is 17.1 Å². The summed E-state index contributed by atoms with van der Waals surface area (Å²) in [6.45, 7) is 0.326. The Morgan fingerprint density at radius 3 is 2.25 bits per heavy atom. The van der Waals surface area contributed by atoms with Crippen LogP contribution >= 0.6 is 11.6 Å². The Hall–Kier alpha value is -1.81. The first-order valence-corrected chi connectivity index (χ1v) is 6.49. The molecule has 0 atom stereocenters. The SMILES string of the molecule is CN(C)c1ccc(NCc2cc(F)cc(F)c2)cc1Cl. The maximum atomic E-state index is 13.1. The minimum absolute atomic E-state index is 0.326. The minimum Gasteiger partial charge on any atom is -0.381 e. The van der Waals surface area contributed by atoms with Crippen LogP contribution < -0.4 is 10.2 Å². The fourth-order valence-electron chi connectivity index (χ4n) is 1.90. The highest BCUT2D eigenvalue weighted by Gasteiger charge is 2.04. The van der Waals surface area contributed by atoms with Crippen molar-refractivity contribution in [2.24, 2.45) is 0 Å². The van der Waals surface area contributed by atoms with E-state index >= 15 is 0 Å². The highest BCUT2D eigenvalue weighted by Crippen LogP contribution is 2.27. The van der Waals surface area contributed by atoms with Crippen LogP contribution in [-0.4, -0.2) is 14.1 Å². The highest BCUT2D eigenvalue weighted by atomic mass is 35.5. The maximum absolute atomic E-state index is 13.1. The zero-order chi connectivity index (χ0) is 14.7. The van der Waals surface area contributed by atoms with Crippen LogP contribution in [0, 0.1) is 11.6 Å². The van der Waals surface area contributed by atoms with Crippen LogP contribution in [0.1, 0.15) is 5.56 Å². The smallest absolute Gasteiger partial charge is 0.126 e. The molecule has 0 aromatic heterocycles. The second-order valence-electron chi connectivity index (χ2n) is 4.69. The van der Waals surface area contributed by atoms with Crippen molar-refractivity contribution in [1.82, 2.24) is 0 Å². The molecule has 0 aliphatic carbocycles. The van der Waals surface area contributed by atoms with Gasteiger partial charge in [0.2, 0.25) is 0 Å².